The van der Waals surface area contributed by atoms with Gasteiger partial charge in [0.05, 0.1) is 21.8 Å². The molecule has 1 fully saturated rings. The average molecular weight is 389 g/mol. The van der Waals surface area contributed by atoms with Gasteiger partial charge in [-0.25, -0.2) is 0 Å². The summed E-state index contributed by atoms with van der Waals surface area (Å²) in [6.45, 7) is 1.60. The minimum Gasteiger partial charge on any atom is -0.408 e. The van der Waals surface area contributed by atoms with Gasteiger partial charge in [0.25, 0.3) is 5.91 Å². The normalized spacial score (nSPS) is 14.8. The lowest BCUT2D eigenvalue weighted by molar-refractivity contribution is -0.137. The number of nitrogens with one attached hydrogen (secondary N) is 1. The number of carbonyl (C=O) groups is 2. The zero-order chi connectivity index (χ0) is 19.1. The molecule has 0 aliphatic carbocycles. The fourth-order valence-corrected chi connectivity index (χ4v) is 2.98. The number of rotatable bonds is 3. The topological polar surface area (TPSA) is 88.3 Å². The number of aromatic nitrogens is 2. The van der Waals surface area contributed by atoms with Crippen LogP contribution in [0.15, 0.2) is 16.5 Å². The van der Waals surface area contributed by atoms with Crippen molar-refractivity contribution >= 4 is 35.1 Å². The first-order chi connectivity index (χ1) is 12.2. The monoisotopic (exact) mass is 388 g/mol. The minimum atomic E-state index is -4.74. The van der Waals surface area contributed by atoms with E-state index in [0.29, 0.717) is 6.42 Å². The van der Waals surface area contributed by atoms with E-state index in [1.165, 1.54) is 6.92 Å². The fourth-order valence-electron chi connectivity index (χ4n) is 2.63. The third-order valence-electron chi connectivity index (χ3n) is 3.76. The Morgan fingerprint density at radius 1 is 1.35 bits per heavy atom. The SMILES string of the molecule is Cc1nnc(NC(=O)c2ccc(C(F)(F)F)c(N3CCCC3=O)c2Cl)o1. The van der Waals surface area contributed by atoms with Crippen molar-refractivity contribution in [2.24, 2.45) is 0 Å². The van der Waals surface area contributed by atoms with Gasteiger partial charge in [0.1, 0.15) is 0 Å². The third-order valence-corrected chi connectivity index (χ3v) is 4.14. The van der Waals surface area contributed by atoms with Crippen molar-refractivity contribution in [3.05, 3.63) is 34.2 Å². The van der Waals surface area contributed by atoms with Crippen molar-refractivity contribution in [3.8, 4) is 0 Å². The van der Waals surface area contributed by atoms with Gasteiger partial charge in [-0.1, -0.05) is 16.7 Å². The van der Waals surface area contributed by atoms with Gasteiger partial charge in [-0.3, -0.25) is 14.9 Å². The molecular formula is C15H12ClF3N4O3. The Bertz CT molecular complexity index is 882. The van der Waals surface area contributed by atoms with Crippen LogP contribution in [-0.4, -0.2) is 28.6 Å². The maximum absolute atomic E-state index is 13.4. The Morgan fingerprint density at radius 2 is 2.08 bits per heavy atom. The molecule has 2 amide bonds. The van der Waals surface area contributed by atoms with E-state index in [1.54, 1.807) is 0 Å². The maximum atomic E-state index is 13.4. The molecule has 11 heteroatoms. The van der Waals surface area contributed by atoms with E-state index in [-0.39, 0.29) is 30.4 Å². The smallest absolute Gasteiger partial charge is 0.408 e. The molecule has 0 spiro atoms. The first-order valence-corrected chi connectivity index (χ1v) is 7.88. The molecule has 26 heavy (non-hydrogen) atoms. The first-order valence-electron chi connectivity index (χ1n) is 7.50. The van der Waals surface area contributed by atoms with Crippen molar-refractivity contribution in [2.45, 2.75) is 25.9 Å². The Kier molecular flexibility index (Phi) is 4.61. The summed E-state index contributed by atoms with van der Waals surface area (Å²) in [6, 6.07) is 1.44. The van der Waals surface area contributed by atoms with Crippen LogP contribution in [0.1, 0.15) is 34.7 Å². The highest BCUT2D eigenvalue weighted by molar-refractivity contribution is 6.37. The Balaban J connectivity index is 2.04. The van der Waals surface area contributed by atoms with Crippen LogP contribution in [0.2, 0.25) is 5.02 Å². The van der Waals surface area contributed by atoms with Crippen LogP contribution in [0.25, 0.3) is 0 Å². The summed E-state index contributed by atoms with van der Waals surface area (Å²) < 4.78 is 45.1. The van der Waals surface area contributed by atoms with Gasteiger partial charge in [0, 0.05) is 19.9 Å². The van der Waals surface area contributed by atoms with E-state index >= 15 is 0 Å². The quantitative estimate of drug-likeness (QED) is 0.870. The number of amides is 2. The van der Waals surface area contributed by atoms with E-state index < -0.39 is 34.3 Å². The van der Waals surface area contributed by atoms with Gasteiger partial charge in [-0.15, -0.1) is 5.10 Å². The molecule has 1 aromatic carbocycles. The van der Waals surface area contributed by atoms with Crippen LogP contribution in [0, 0.1) is 6.92 Å². The van der Waals surface area contributed by atoms with Crippen LogP contribution in [0.4, 0.5) is 24.9 Å². The number of carbonyl (C=O) groups excluding carboxylic acids is 2. The molecule has 2 aromatic rings. The number of nitrogens with zero attached hydrogens (tertiary/aromatic N) is 3. The van der Waals surface area contributed by atoms with Crippen LogP contribution in [0.5, 0.6) is 0 Å². The predicted molar refractivity (Wildman–Crippen MR) is 85.0 cm³/mol. The van der Waals surface area contributed by atoms with Crippen molar-refractivity contribution < 1.29 is 27.2 Å². The van der Waals surface area contributed by atoms with Gasteiger partial charge in [0.2, 0.25) is 11.8 Å². The van der Waals surface area contributed by atoms with Gasteiger partial charge in [-0.2, -0.15) is 13.2 Å². The highest BCUT2D eigenvalue weighted by Gasteiger charge is 2.39. The van der Waals surface area contributed by atoms with Gasteiger partial charge >= 0.3 is 12.2 Å². The number of anilines is 2. The fraction of sp³-hybridized carbons (Fsp3) is 0.333. The van der Waals surface area contributed by atoms with Crippen LogP contribution in [-0.2, 0) is 11.0 Å². The zero-order valence-electron chi connectivity index (χ0n) is 13.4. The molecule has 0 atom stereocenters. The summed E-state index contributed by atoms with van der Waals surface area (Å²) in [5.41, 5.74) is -1.84. The number of alkyl halides is 3. The van der Waals surface area contributed by atoms with Crippen molar-refractivity contribution in [1.82, 2.24) is 10.2 Å². The molecule has 1 aliphatic rings. The maximum Gasteiger partial charge on any atom is 0.418 e. The first kappa shape index (κ1) is 18.2. The standard InChI is InChI=1S/C15H12ClF3N4O3/c1-7-21-22-14(26-7)20-13(25)8-4-5-9(15(17,18)19)12(11(8)16)23-6-2-3-10(23)24/h4-5H,2-3,6H2,1H3,(H,20,22,25). The predicted octanol–water partition coefficient (Wildman–Crippen LogP) is 3.43. The van der Waals surface area contributed by atoms with Crippen molar-refractivity contribution in [2.75, 3.05) is 16.8 Å². The lowest BCUT2D eigenvalue weighted by Crippen LogP contribution is -2.28. The van der Waals surface area contributed by atoms with Crippen molar-refractivity contribution in [3.63, 3.8) is 0 Å². The molecule has 0 bridgehead atoms. The molecule has 1 aromatic heterocycles. The lowest BCUT2D eigenvalue weighted by Gasteiger charge is -2.23. The van der Waals surface area contributed by atoms with E-state index in [2.05, 4.69) is 15.5 Å². The van der Waals surface area contributed by atoms with Crippen LogP contribution >= 0.6 is 11.6 Å². The Morgan fingerprint density at radius 3 is 2.62 bits per heavy atom. The van der Waals surface area contributed by atoms with Crippen molar-refractivity contribution in [1.29, 1.82) is 0 Å². The van der Waals surface area contributed by atoms with Gasteiger partial charge in [-0.05, 0) is 18.6 Å². The number of aryl methyl sites for hydroxylation is 1. The van der Waals surface area contributed by atoms with E-state index in [4.69, 9.17) is 16.0 Å². The summed E-state index contributed by atoms with van der Waals surface area (Å²) in [5.74, 6) is -1.12. The number of hydrogen-bond acceptors (Lipinski definition) is 5. The summed E-state index contributed by atoms with van der Waals surface area (Å²) in [4.78, 5) is 25.3. The lowest BCUT2D eigenvalue weighted by atomic mass is 10.1. The highest BCUT2D eigenvalue weighted by Crippen LogP contribution is 2.43. The average Bonchev–Trinajstić information content (AvgIpc) is 3.14. The summed E-state index contributed by atoms with van der Waals surface area (Å²) >= 11 is 6.11. The second-order valence-electron chi connectivity index (χ2n) is 5.55. The molecule has 2 heterocycles. The minimum absolute atomic E-state index is 0.0928. The molecule has 7 nitrogen and oxygen atoms in total. The Hall–Kier alpha value is -2.62. The zero-order valence-corrected chi connectivity index (χ0v) is 14.1. The third kappa shape index (κ3) is 3.36. The summed E-state index contributed by atoms with van der Waals surface area (Å²) in [6.07, 6.45) is -4.21. The molecule has 0 radical (unpaired) electrons. The molecule has 3 rings (SSSR count). The number of halogens is 4. The summed E-state index contributed by atoms with van der Waals surface area (Å²) in [7, 11) is 0. The van der Waals surface area contributed by atoms with E-state index in [0.717, 1.165) is 17.0 Å². The van der Waals surface area contributed by atoms with Gasteiger partial charge in [0.15, 0.2) is 0 Å². The van der Waals surface area contributed by atoms with Crippen LogP contribution < -0.4 is 10.2 Å². The Labute approximate surface area is 150 Å². The largest absolute Gasteiger partial charge is 0.418 e. The second-order valence-corrected chi connectivity index (χ2v) is 5.93. The number of benzene rings is 1. The summed E-state index contributed by atoms with van der Waals surface area (Å²) in [5, 5.41) is 8.89. The molecule has 1 saturated heterocycles. The molecular weight excluding hydrogens is 377 g/mol. The van der Waals surface area contributed by atoms with E-state index in [9.17, 15) is 22.8 Å². The molecule has 1 N–H and O–H groups in total. The van der Waals surface area contributed by atoms with Gasteiger partial charge < -0.3 is 9.32 Å². The molecule has 1 aliphatic heterocycles. The van der Waals surface area contributed by atoms with Crippen LogP contribution in [0.3, 0.4) is 0 Å². The second kappa shape index (κ2) is 6.60. The van der Waals surface area contributed by atoms with E-state index in [1.807, 2.05) is 0 Å². The highest BCUT2D eigenvalue weighted by atomic mass is 35.5. The molecule has 138 valence electrons. The molecule has 0 unspecified atom stereocenters. The molecule has 0 saturated carbocycles. The number of hydrogen-bond donors (Lipinski definition) is 1.